The topological polar surface area (TPSA) is 80.3 Å². The van der Waals surface area contributed by atoms with Gasteiger partial charge < -0.3 is 19.8 Å². The van der Waals surface area contributed by atoms with Crippen molar-refractivity contribution >= 4 is 11.9 Å². The van der Waals surface area contributed by atoms with Crippen LogP contribution in [-0.2, 0) is 26.1 Å². The van der Waals surface area contributed by atoms with Crippen LogP contribution in [-0.4, -0.2) is 11.9 Å². The van der Waals surface area contributed by atoms with Crippen LogP contribution in [0.15, 0.2) is 0 Å². The monoisotopic (exact) mass is 400 g/mol. The van der Waals surface area contributed by atoms with Gasteiger partial charge in [0.25, 0.3) is 0 Å². The van der Waals surface area contributed by atoms with E-state index in [2.05, 4.69) is 13.8 Å². The molecule has 25 heavy (non-hydrogen) atoms. The molecular formula is C20H38NiO4. The van der Waals surface area contributed by atoms with Gasteiger partial charge in [0.05, 0.1) is 0 Å². The first kappa shape index (κ1) is 29.2. The van der Waals surface area contributed by atoms with Crippen molar-refractivity contribution in [3.8, 4) is 0 Å². The third kappa shape index (κ3) is 9.63. The van der Waals surface area contributed by atoms with E-state index < -0.39 is 22.8 Å². The first-order valence-corrected chi connectivity index (χ1v) is 9.68. The van der Waals surface area contributed by atoms with Gasteiger partial charge in [0.1, 0.15) is 0 Å². The molecule has 0 saturated carbocycles. The van der Waals surface area contributed by atoms with E-state index in [0.717, 1.165) is 38.5 Å². The first-order valence-electron chi connectivity index (χ1n) is 9.68. The van der Waals surface area contributed by atoms with Crippen LogP contribution in [0, 0.1) is 10.8 Å². The summed E-state index contributed by atoms with van der Waals surface area (Å²) in [6, 6.07) is 0. The molecule has 4 nitrogen and oxygen atoms in total. The van der Waals surface area contributed by atoms with Gasteiger partial charge in [0, 0.05) is 22.8 Å². The number of unbranched alkanes of at least 4 members (excludes halogenated alkanes) is 2. The summed E-state index contributed by atoms with van der Waals surface area (Å²) >= 11 is 0. The Morgan fingerprint density at radius 1 is 0.640 bits per heavy atom. The molecule has 152 valence electrons. The molecule has 0 aromatic heterocycles. The molecule has 0 atom stereocenters. The van der Waals surface area contributed by atoms with Crippen molar-refractivity contribution in [3.63, 3.8) is 0 Å². The molecule has 0 unspecified atom stereocenters. The number of carboxylic acids is 2. The minimum Gasteiger partial charge on any atom is -0.550 e. The van der Waals surface area contributed by atoms with E-state index in [9.17, 15) is 19.8 Å². The van der Waals surface area contributed by atoms with Crippen LogP contribution in [0.4, 0.5) is 0 Å². The van der Waals surface area contributed by atoms with E-state index in [1.54, 1.807) is 0 Å². The van der Waals surface area contributed by atoms with Crippen LogP contribution in [0.1, 0.15) is 106 Å². The average molecular weight is 401 g/mol. The minimum absolute atomic E-state index is 0. The molecule has 0 aliphatic rings. The Kier molecular flexibility index (Phi) is 18.3. The van der Waals surface area contributed by atoms with Crippen LogP contribution >= 0.6 is 0 Å². The summed E-state index contributed by atoms with van der Waals surface area (Å²) < 4.78 is 0. The van der Waals surface area contributed by atoms with Gasteiger partial charge in [-0.2, -0.15) is 0 Å². The Balaban J connectivity index is -0.000000372. The molecule has 5 heteroatoms. The van der Waals surface area contributed by atoms with E-state index in [4.69, 9.17) is 0 Å². The molecule has 0 bridgehead atoms. The average Bonchev–Trinajstić information content (AvgIpc) is 2.58. The fraction of sp³-hybridized carbons (Fsp3) is 0.900. The fourth-order valence-electron chi connectivity index (χ4n) is 3.02. The third-order valence-electron chi connectivity index (χ3n) is 5.59. The summed E-state index contributed by atoms with van der Waals surface area (Å²) in [5, 5.41) is 21.8. The molecule has 0 rings (SSSR count). The van der Waals surface area contributed by atoms with Gasteiger partial charge >= 0.3 is 16.5 Å². The molecule has 0 amide bonds. The molecule has 0 radical (unpaired) electrons. The normalized spacial score (nSPS) is 11.1. The molecule has 0 aliphatic carbocycles. The second-order valence-corrected chi connectivity index (χ2v) is 6.76. The summed E-state index contributed by atoms with van der Waals surface area (Å²) in [6.45, 7) is 11.9. The second kappa shape index (κ2) is 15.7. The predicted octanol–water partition coefficient (Wildman–Crippen LogP) is 3.46. The fourth-order valence-corrected chi connectivity index (χ4v) is 3.02. The van der Waals surface area contributed by atoms with E-state index in [1.165, 1.54) is 0 Å². The van der Waals surface area contributed by atoms with Crippen LogP contribution in [0.2, 0.25) is 0 Å². The zero-order valence-corrected chi connectivity index (χ0v) is 18.0. The van der Waals surface area contributed by atoms with Crippen molar-refractivity contribution in [2.75, 3.05) is 0 Å². The number of aliphatic carboxylic acids is 2. The van der Waals surface area contributed by atoms with Gasteiger partial charge in [-0.25, -0.2) is 0 Å². The largest absolute Gasteiger partial charge is 2.00 e. The van der Waals surface area contributed by atoms with Crippen LogP contribution < -0.4 is 10.2 Å². The van der Waals surface area contributed by atoms with E-state index in [1.807, 2.05) is 27.7 Å². The number of carbonyl (C=O) groups excluding carboxylic acids is 2. The van der Waals surface area contributed by atoms with Crippen LogP contribution in [0.3, 0.4) is 0 Å². The maximum Gasteiger partial charge on any atom is 2.00 e. The molecule has 0 saturated heterocycles. The van der Waals surface area contributed by atoms with Gasteiger partial charge in [-0.1, -0.05) is 67.2 Å². The van der Waals surface area contributed by atoms with Gasteiger partial charge in [0.2, 0.25) is 0 Å². The molecule has 0 N–H and O–H groups in total. The van der Waals surface area contributed by atoms with Gasteiger partial charge in [-0.05, 0) is 38.5 Å². The smallest absolute Gasteiger partial charge is 0.550 e. The Hall–Kier alpha value is -0.566. The number of carboxylic acid groups (broad SMARTS) is 2. The van der Waals surface area contributed by atoms with Gasteiger partial charge in [-0.15, -0.1) is 0 Å². The Labute approximate surface area is 165 Å². The van der Waals surface area contributed by atoms with Crippen molar-refractivity contribution in [3.05, 3.63) is 0 Å². The van der Waals surface area contributed by atoms with E-state index >= 15 is 0 Å². The Bertz CT molecular complexity index is 314. The number of rotatable bonds is 12. The standard InChI is InChI=1S/2C10H20O2.Ni/c2*1-4-7-8-10(5-2,6-3)9(11)12;/h2*4-8H2,1-3H3,(H,11,12);/q;;+2/p-2. The number of hydrogen-bond acceptors (Lipinski definition) is 4. The maximum atomic E-state index is 10.9. The first-order chi connectivity index (χ1) is 11.3. The zero-order valence-electron chi connectivity index (χ0n) is 17.0. The minimum atomic E-state index is -0.874. The van der Waals surface area contributed by atoms with Crippen molar-refractivity contribution in [1.82, 2.24) is 0 Å². The quantitative estimate of drug-likeness (QED) is 0.469. The summed E-state index contributed by atoms with van der Waals surface area (Å²) in [4.78, 5) is 21.8. The van der Waals surface area contributed by atoms with Crippen molar-refractivity contribution in [2.24, 2.45) is 10.8 Å². The molecule has 0 aliphatic heterocycles. The molecule has 0 spiro atoms. The summed E-state index contributed by atoms with van der Waals surface area (Å²) in [5.74, 6) is -1.75. The Morgan fingerprint density at radius 3 is 1.00 bits per heavy atom. The molecule has 0 aromatic rings. The molecule has 0 heterocycles. The molecule has 0 fully saturated rings. The predicted molar refractivity (Wildman–Crippen MR) is 95.1 cm³/mol. The zero-order chi connectivity index (χ0) is 19.2. The SMILES string of the molecule is CCCCC(CC)(CC)C(=O)[O-].CCCCC(CC)(CC)C(=O)[O-].[Ni+2]. The third-order valence-corrected chi connectivity index (χ3v) is 5.59. The van der Waals surface area contributed by atoms with Crippen molar-refractivity contribution in [1.29, 1.82) is 0 Å². The van der Waals surface area contributed by atoms with Gasteiger partial charge in [0.15, 0.2) is 0 Å². The molecular weight excluding hydrogens is 363 g/mol. The maximum absolute atomic E-state index is 10.9. The van der Waals surface area contributed by atoms with Crippen molar-refractivity contribution in [2.45, 2.75) is 106 Å². The second-order valence-electron chi connectivity index (χ2n) is 6.76. The summed E-state index contributed by atoms with van der Waals surface area (Å²) in [5.41, 5.74) is -1.12. The molecule has 0 aromatic carbocycles. The number of hydrogen-bond donors (Lipinski definition) is 0. The Morgan fingerprint density at radius 2 is 0.880 bits per heavy atom. The summed E-state index contributed by atoms with van der Waals surface area (Å²) in [7, 11) is 0. The number of carbonyl (C=O) groups is 2. The van der Waals surface area contributed by atoms with Crippen LogP contribution in [0.25, 0.3) is 0 Å². The van der Waals surface area contributed by atoms with Crippen LogP contribution in [0.5, 0.6) is 0 Å². The van der Waals surface area contributed by atoms with E-state index in [-0.39, 0.29) is 16.5 Å². The van der Waals surface area contributed by atoms with E-state index in [0.29, 0.717) is 25.7 Å². The summed E-state index contributed by atoms with van der Waals surface area (Å²) in [6.07, 6.45) is 8.34. The van der Waals surface area contributed by atoms with Crippen molar-refractivity contribution < 1.29 is 36.3 Å². The van der Waals surface area contributed by atoms with Gasteiger partial charge in [-0.3, -0.25) is 0 Å².